The summed E-state index contributed by atoms with van der Waals surface area (Å²) in [5, 5.41) is 3.28. The number of morpholine rings is 1. The van der Waals surface area contributed by atoms with Crippen molar-refractivity contribution in [1.82, 2.24) is 19.6 Å². The fourth-order valence-corrected chi connectivity index (χ4v) is 3.65. The lowest BCUT2D eigenvalue weighted by atomic mass is 10.1. The monoisotopic (exact) mass is 397 g/mol. The quantitative estimate of drug-likeness (QED) is 0.456. The van der Waals surface area contributed by atoms with Crippen molar-refractivity contribution in [2.45, 2.75) is 13.5 Å². The maximum atomic E-state index is 13.0. The molecule has 152 valence electrons. The summed E-state index contributed by atoms with van der Waals surface area (Å²) in [6, 6.07) is 6.91. The van der Waals surface area contributed by atoms with E-state index < -0.39 is 0 Å². The first kappa shape index (κ1) is 19.3. The molecule has 0 bridgehead atoms. The number of hydrogen-bond donors (Lipinski definition) is 2. The van der Waals surface area contributed by atoms with Crippen LogP contribution in [0.1, 0.15) is 17.3 Å². The third kappa shape index (κ3) is 3.66. The molecule has 3 aromatic heterocycles. The Morgan fingerprint density at radius 2 is 2.14 bits per heavy atom. The van der Waals surface area contributed by atoms with Gasteiger partial charge in [-0.25, -0.2) is 4.57 Å². The molecule has 0 spiro atoms. The Morgan fingerprint density at radius 3 is 2.90 bits per heavy atom. The zero-order valence-corrected chi connectivity index (χ0v) is 16.4. The third-order valence-corrected chi connectivity index (χ3v) is 5.24. The number of fused-ring (bicyclic) bond motifs is 2. The largest absolute Gasteiger partial charge is 0.379 e. The maximum absolute atomic E-state index is 13.0. The molecule has 1 amide bonds. The van der Waals surface area contributed by atoms with E-state index in [-0.39, 0.29) is 17.0 Å². The highest BCUT2D eigenvalue weighted by Crippen LogP contribution is 2.14. The molecule has 4 heterocycles. The number of pyridine rings is 2. The fraction of sp³-hybridized carbons (Fsp3) is 0.400. The van der Waals surface area contributed by atoms with Gasteiger partial charge >= 0.3 is 0 Å². The van der Waals surface area contributed by atoms with E-state index in [1.165, 1.54) is 4.40 Å². The van der Waals surface area contributed by atoms with E-state index in [4.69, 9.17) is 10.5 Å². The second-order valence-electron chi connectivity index (χ2n) is 6.98. The lowest BCUT2D eigenvalue weighted by Gasteiger charge is -2.26. The van der Waals surface area contributed by atoms with Crippen LogP contribution in [0.25, 0.3) is 16.7 Å². The van der Waals surface area contributed by atoms with Crippen LogP contribution >= 0.6 is 0 Å². The van der Waals surface area contributed by atoms with Gasteiger partial charge in [0.15, 0.2) is 0 Å². The van der Waals surface area contributed by atoms with Crippen LogP contribution < -0.4 is 21.2 Å². The van der Waals surface area contributed by atoms with Crippen LogP contribution in [0.4, 0.5) is 5.82 Å². The first-order valence-corrected chi connectivity index (χ1v) is 9.82. The van der Waals surface area contributed by atoms with Crippen molar-refractivity contribution in [1.29, 1.82) is 0 Å². The number of aryl methyl sites for hydroxylation is 1. The molecule has 0 atom stereocenters. The first-order valence-electron chi connectivity index (χ1n) is 9.82. The van der Waals surface area contributed by atoms with Crippen molar-refractivity contribution < 1.29 is 14.1 Å². The number of anilines is 1. The normalized spacial score (nSPS) is 15.1. The lowest BCUT2D eigenvalue weighted by Crippen LogP contribution is -2.43. The number of carbonyl (C=O) groups is 1. The van der Waals surface area contributed by atoms with Crippen LogP contribution in [0.3, 0.4) is 0 Å². The highest BCUT2D eigenvalue weighted by Gasteiger charge is 2.23. The summed E-state index contributed by atoms with van der Waals surface area (Å²) in [7, 11) is 0. The summed E-state index contributed by atoms with van der Waals surface area (Å²) in [6.45, 7) is 6.79. The van der Waals surface area contributed by atoms with E-state index in [0.717, 1.165) is 19.6 Å². The van der Waals surface area contributed by atoms with Gasteiger partial charge < -0.3 is 15.8 Å². The minimum absolute atomic E-state index is 0.227. The molecule has 9 heteroatoms. The van der Waals surface area contributed by atoms with E-state index >= 15 is 0 Å². The molecule has 0 aliphatic carbocycles. The van der Waals surface area contributed by atoms with Crippen molar-refractivity contribution in [3.05, 3.63) is 46.4 Å². The number of nitrogen functional groups attached to an aromatic ring is 1. The van der Waals surface area contributed by atoms with Crippen LogP contribution in [-0.2, 0) is 11.3 Å². The summed E-state index contributed by atoms with van der Waals surface area (Å²) in [5.41, 5.74) is 7.37. The minimum Gasteiger partial charge on any atom is -0.379 e. The number of ether oxygens (including phenoxy) is 1. The number of nitrogens with zero attached hydrogens (tertiary/aromatic N) is 4. The summed E-state index contributed by atoms with van der Waals surface area (Å²) in [6.07, 6.45) is 1.67. The average molecular weight is 397 g/mol. The van der Waals surface area contributed by atoms with Gasteiger partial charge in [-0.15, -0.1) is 0 Å². The van der Waals surface area contributed by atoms with E-state index in [1.54, 1.807) is 29.0 Å². The SMILES string of the molecule is CC[n+]1c(N)c(C(=O)NCCN2CCOCC2)cc2c(=O)n3ccccc3nc21. The van der Waals surface area contributed by atoms with Gasteiger partial charge in [0.25, 0.3) is 17.1 Å². The molecule has 1 aliphatic rings. The lowest BCUT2D eigenvalue weighted by molar-refractivity contribution is -0.655. The molecule has 0 aromatic carbocycles. The van der Waals surface area contributed by atoms with Crippen LogP contribution in [0, 0.1) is 0 Å². The van der Waals surface area contributed by atoms with Gasteiger partial charge in [-0.3, -0.25) is 18.9 Å². The zero-order chi connectivity index (χ0) is 20.4. The number of nitrogens with one attached hydrogen (secondary N) is 1. The van der Waals surface area contributed by atoms with Gasteiger partial charge in [0, 0.05) is 32.4 Å². The second-order valence-corrected chi connectivity index (χ2v) is 6.98. The number of nitrogens with two attached hydrogens (primary N) is 1. The van der Waals surface area contributed by atoms with Crippen molar-refractivity contribution >= 4 is 28.4 Å². The molecule has 0 unspecified atom stereocenters. The van der Waals surface area contributed by atoms with Crippen LogP contribution in [0.5, 0.6) is 0 Å². The molecule has 1 fully saturated rings. The number of carbonyl (C=O) groups excluding carboxylic acids is 1. The number of amides is 1. The van der Waals surface area contributed by atoms with E-state index in [1.807, 2.05) is 13.0 Å². The Morgan fingerprint density at radius 1 is 1.34 bits per heavy atom. The minimum atomic E-state index is -0.294. The van der Waals surface area contributed by atoms with Gasteiger partial charge in [0.1, 0.15) is 10.9 Å². The summed E-state index contributed by atoms with van der Waals surface area (Å²) < 4.78 is 8.51. The molecule has 1 aliphatic heterocycles. The third-order valence-electron chi connectivity index (χ3n) is 5.24. The molecule has 3 N–H and O–H groups in total. The Kier molecular flexibility index (Phi) is 5.41. The molecule has 4 rings (SSSR count). The molecule has 3 aromatic rings. The predicted molar refractivity (Wildman–Crippen MR) is 109 cm³/mol. The van der Waals surface area contributed by atoms with Gasteiger partial charge in [-0.2, -0.15) is 0 Å². The fourth-order valence-electron chi connectivity index (χ4n) is 3.65. The van der Waals surface area contributed by atoms with E-state index in [2.05, 4.69) is 15.2 Å². The standard InChI is InChI=1S/C20H24N6O3/c1-2-25-17(21)14(19(27)22-6-8-24-9-11-29-12-10-24)13-15-18(25)23-16-5-3-4-7-26(16)20(15)28/h3-5,7,13,21H,2,6,8-12H2,1H3,(H,22,27)/p+1. The zero-order valence-electron chi connectivity index (χ0n) is 16.4. The van der Waals surface area contributed by atoms with E-state index in [9.17, 15) is 9.59 Å². The van der Waals surface area contributed by atoms with Gasteiger partial charge in [-0.1, -0.05) is 11.1 Å². The highest BCUT2D eigenvalue weighted by atomic mass is 16.5. The topological polar surface area (TPSA) is 106 Å². The molecular weight excluding hydrogens is 372 g/mol. The second kappa shape index (κ2) is 8.14. The van der Waals surface area contributed by atoms with Crippen molar-refractivity contribution in [2.24, 2.45) is 0 Å². The number of rotatable bonds is 5. The number of hydrogen-bond acceptors (Lipinski definition) is 6. The molecule has 9 nitrogen and oxygen atoms in total. The first-order chi connectivity index (χ1) is 14.1. The van der Waals surface area contributed by atoms with Gasteiger partial charge in [-0.05, 0) is 25.1 Å². The van der Waals surface area contributed by atoms with Crippen molar-refractivity contribution in [2.75, 3.05) is 45.1 Å². The van der Waals surface area contributed by atoms with Crippen molar-refractivity contribution in [3.63, 3.8) is 0 Å². The van der Waals surface area contributed by atoms with Gasteiger partial charge in [0.05, 0.1) is 19.8 Å². The van der Waals surface area contributed by atoms with Crippen molar-refractivity contribution in [3.8, 4) is 0 Å². The average Bonchev–Trinajstić information content (AvgIpc) is 2.74. The molecule has 0 radical (unpaired) electrons. The Labute approximate surface area is 167 Å². The Hall–Kier alpha value is -3.04. The molecular formula is C20H25N6O3+. The summed E-state index contributed by atoms with van der Waals surface area (Å²) in [4.78, 5) is 32.6. The van der Waals surface area contributed by atoms with Gasteiger partial charge in [0.2, 0.25) is 11.5 Å². The van der Waals surface area contributed by atoms with Crippen LogP contribution in [0.2, 0.25) is 0 Å². The highest BCUT2D eigenvalue weighted by molar-refractivity contribution is 6.00. The molecule has 1 saturated heterocycles. The smallest absolute Gasteiger partial charge is 0.278 e. The van der Waals surface area contributed by atoms with Crippen LogP contribution in [-0.4, -0.2) is 59.6 Å². The maximum Gasteiger partial charge on any atom is 0.278 e. The summed E-state index contributed by atoms with van der Waals surface area (Å²) in [5.74, 6) is 0.00784. The molecule has 29 heavy (non-hydrogen) atoms. The Bertz CT molecular complexity index is 1120. The molecule has 0 saturated carbocycles. The number of aromatic nitrogens is 3. The predicted octanol–water partition coefficient (Wildman–Crippen LogP) is -0.201. The van der Waals surface area contributed by atoms with E-state index in [0.29, 0.717) is 48.8 Å². The Balaban J connectivity index is 1.67. The van der Waals surface area contributed by atoms with Crippen LogP contribution in [0.15, 0.2) is 35.3 Å². The summed E-state index contributed by atoms with van der Waals surface area (Å²) >= 11 is 0.